The highest BCUT2D eigenvalue weighted by Crippen LogP contribution is 2.28. The van der Waals surface area contributed by atoms with Gasteiger partial charge in [-0.3, -0.25) is 4.57 Å². The highest BCUT2D eigenvalue weighted by Gasteiger charge is 2.17. The number of H-pyrrole nitrogens is 1. The second-order valence-corrected chi connectivity index (χ2v) is 5.75. The summed E-state index contributed by atoms with van der Waals surface area (Å²) in [6.07, 6.45) is 2.27. The summed E-state index contributed by atoms with van der Waals surface area (Å²) in [6, 6.07) is 1.46. The Labute approximate surface area is 126 Å². The van der Waals surface area contributed by atoms with Crippen molar-refractivity contribution in [2.75, 3.05) is 0 Å². The van der Waals surface area contributed by atoms with Crippen LogP contribution in [0.25, 0.3) is 0 Å². The molecule has 0 aromatic carbocycles. The van der Waals surface area contributed by atoms with Crippen molar-refractivity contribution in [3.8, 4) is 0 Å². The molecule has 0 amide bonds. The van der Waals surface area contributed by atoms with Crippen molar-refractivity contribution >= 4 is 33.7 Å². The van der Waals surface area contributed by atoms with Crippen molar-refractivity contribution in [3.63, 3.8) is 0 Å². The summed E-state index contributed by atoms with van der Waals surface area (Å²) in [5.41, 5.74) is -0.258. The highest BCUT2D eigenvalue weighted by atomic mass is 79.9. The molecular weight excluding hydrogens is 348 g/mol. The number of hydrogen-bond donors (Lipinski definition) is 2. The largest absolute Gasteiger partial charge is 0.478 e. The van der Waals surface area contributed by atoms with Crippen LogP contribution in [-0.4, -0.2) is 30.8 Å². The Hall–Kier alpha value is -1.61. The molecule has 20 heavy (non-hydrogen) atoms. The Morgan fingerprint density at radius 2 is 2.35 bits per heavy atom. The molecule has 0 aliphatic carbocycles. The Balaban J connectivity index is 2.40. The molecule has 0 radical (unpaired) electrons. The first-order valence-corrected chi connectivity index (χ1v) is 7.35. The van der Waals surface area contributed by atoms with Gasteiger partial charge in [-0.1, -0.05) is 6.92 Å². The van der Waals surface area contributed by atoms with Crippen LogP contribution in [0.2, 0.25) is 0 Å². The molecule has 0 spiro atoms. The Kier molecular flexibility index (Phi) is 4.61. The van der Waals surface area contributed by atoms with Gasteiger partial charge in [0.1, 0.15) is 5.03 Å². The van der Waals surface area contributed by atoms with Gasteiger partial charge in [-0.15, -0.1) is 5.10 Å². The molecule has 2 heterocycles. The van der Waals surface area contributed by atoms with E-state index < -0.39 is 5.97 Å². The van der Waals surface area contributed by atoms with E-state index in [2.05, 4.69) is 31.1 Å². The molecule has 0 saturated carbocycles. The third-order valence-corrected chi connectivity index (χ3v) is 3.85. The fraction of sp³-hybridized carbons (Fsp3) is 0.273. The zero-order chi connectivity index (χ0) is 14.7. The van der Waals surface area contributed by atoms with Gasteiger partial charge in [0.05, 0.1) is 5.56 Å². The van der Waals surface area contributed by atoms with E-state index in [-0.39, 0.29) is 16.3 Å². The topological polar surface area (TPSA) is 101 Å². The van der Waals surface area contributed by atoms with Gasteiger partial charge < -0.3 is 5.11 Å². The summed E-state index contributed by atoms with van der Waals surface area (Å²) >= 11 is 4.23. The second-order valence-electron chi connectivity index (χ2n) is 3.88. The van der Waals surface area contributed by atoms with Crippen molar-refractivity contribution in [2.45, 2.75) is 30.1 Å². The van der Waals surface area contributed by atoms with Gasteiger partial charge in [-0.05, 0) is 40.2 Å². The molecule has 7 nitrogen and oxygen atoms in total. The second kappa shape index (κ2) is 6.23. The number of aromatic carboxylic acids is 1. The summed E-state index contributed by atoms with van der Waals surface area (Å²) in [7, 11) is 0. The minimum Gasteiger partial charge on any atom is -0.478 e. The number of aromatic amines is 1. The lowest BCUT2D eigenvalue weighted by atomic mass is 10.3. The maximum Gasteiger partial charge on any atom is 0.343 e. The maximum atomic E-state index is 11.6. The molecule has 0 atom stereocenters. The Morgan fingerprint density at radius 3 is 3.00 bits per heavy atom. The molecule has 2 aromatic heterocycles. The molecule has 0 aliphatic heterocycles. The van der Waals surface area contributed by atoms with E-state index in [1.165, 1.54) is 16.8 Å². The number of carbonyl (C=O) groups is 1. The van der Waals surface area contributed by atoms with Crippen molar-refractivity contribution in [2.24, 2.45) is 0 Å². The third kappa shape index (κ3) is 3.10. The van der Waals surface area contributed by atoms with Gasteiger partial charge in [-0.2, -0.15) is 0 Å². The number of nitrogens with zero attached hydrogens (tertiary/aromatic N) is 3. The molecule has 0 bridgehead atoms. The first kappa shape index (κ1) is 14.8. The monoisotopic (exact) mass is 358 g/mol. The predicted molar refractivity (Wildman–Crippen MR) is 76.2 cm³/mol. The van der Waals surface area contributed by atoms with Crippen LogP contribution in [0.1, 0.15) is 23.7 Å². The van der Waals surface area contributed by atoms with Crippen molar-refractivity contribution in [1.82, 2.24) is 19.7 Å². The Morgan fingerprint density at radius 1 is 1.60 bits per heavy atom. The zero-order valence-corrected chi connectivity index (χ0v) is 12.9. The van der Waals surface area contributed by atoms with Gasteiger partial charge in [0.15, 0.2) is 5.16 Å². The minimum absolute atomic E-state index is 0.0582. The van der Waals surface area contributed by atoms with E-state index in [4.69, 9.17) is 0 Å². The Bertz CT molecular complexity index is 697. The van der Waals surface area contributed by atoms with E-state index in [9.17, 15) is 14.7 Å². The summed E-state index contributed by atoms with van der Waals surface area (Å²) < 4.78 is 2.03. The highest BCUT2D eigenvalue weighted by molar-refractivity contribution is 9.10. The summed E-state index contributed by atoms with van der Waals surface area (Å²) in [6.45, 7) is 2.45. The van der Waals surface area contributed by atoms with Crippen LogP contribution in [-0.2, 0) is 6.54 Å². The lowest BCUT2D eigenvalue weighted by Gasteiger charge is -2.06. The number of pyridine rings is 1. The van der Waals surface area contributed by atoms with Gasteiger partial charge >= 0.3 is 11.7 Å². The number of rotatable bonds is 5. The lowest BCUT2D eigenvalue weighted by Crippen LogP contribution is -2.17. The zero-order valence-electron chi connectivity index (χ0n) is 10.5. The number of aromatic nitrogens is 4. The molecule has 0 aliphatic rings. The summed E-state index contributed by atoms with van der Waals surface area (Å²) in [5.74, 6) is -1.08. The van der Waals surface area contributed by atoms with Gasteiger partial charge in [0.2, 0.25) is 0 Å². The smallest absolute Gasteiger partial charge is 0.343 e. The van der Waals surface area contributed by atoms with Crippen LogP contribution in [0.15, 0.2) is 31.7 Å². The summed E-state index contributed by atoms with van der Waals surface area (Å²) in [5, 5.41) is 16.1. The number of carboxylic acid groups (broad SMARTS) is 1. The molecule has 0 saturated heterocycles. The number of nitrogens with one attached hydrogen (secondary N) is 1. The van der Waals surface area contributed by atoms with Crippen molar-refractivity contribution in [1.29, 1.82) is 0 Å². The fourth-order valence-electron chi connectivity index (χ4n) is 1.55. The predicted octanol–water partition coefficient (Wildman–Crippen LogP) is 1.99. The van der Waals surface area contributed by atoms with Gasteiger partial charge in [0, 0.05) is 17.2 Å². The molecule has 0 unspecified atom stereocenters. The average molecular weight is 359 g/mol. The molecule has 106 valence electrons. The van der Waals surface area contributed by atoms with E-state index >= 15 is 0 Å². The summed E-state index contributed by atoms with van der Waals surface area (Å²) in [4.78, 5) is 26.9. The lowest BCUT2D eigenvalue weighted by molar-refractivity contribution is 0.0692. The van der Waals surface area contributed by atoms with Crippen LogP contribution in [0, 0.1) is 0 Å². The number of hydrogen-bond acceptors (Lipinski definition) is 5. The maximum absolute atomic E-state index is 11.6. The first-order valence-electron chi connectivity index (χ1n) is 5.74. The van der Waals surface area contributed by atoms with E-state index in [0.29, 0.717) is 16.2 Å². The standard InChI is InChI=1S/C11H11BrN4O3S/c1-2-3-16-10(19)14-15-11(16)20-8-7(9(17)18)4-6(12)5-13-8/h4-5H,2-3H2,1H3,(H,14,19)(H,17,18). The minimum atomic E-state index is -1.08. The van der Waals surface area contributed by atoms with Crippen LogP contribution < -0.4 is 5.69 Å². The quantitative estimate of drug-likeness (QED) is 0.847. The number of halogens is 1. The van der Waals surface area contributed by atoms with Crippen LogP contribution in [0.5, 0.6) is 0 Å². The molecule has 0 fully saturated rings. The normalized spacial score (nSPS) is 10.7. The number of carboxylic acids is 1. The third-order valence-electron chi connectivity index (χ3n) is 2.41. The molecule has 2 N–H and O–H groups in total. The van der Waals surface area contributed by atoms with Gasteiger partial charge in [0.25, 0.3) is 0 Å². The average Bonchev–Trinajstić information content (AvgIpc) is 2.74. The van der Waals surface area contributed by atoms with Crippen molar-refractivity contribution in [3.05, 3.63) is 32.8 Å². The van der Waals surface area contributed by atoms with Gasteiger partial charge in [-0.25, -0.2) is 19.7 Å². The van der Waals surface area contributed by atoms with Crippen LogP contribution >= 0.6 is 27.7 Å². The van der Waals surface area contributed by atoms with Crippen LogP contribution in [0.4, 0.5) is 0 Å². The van der Waals surface area contributed by atoms with Crippen molar-refractivity contribution < 1.29 is 9.90 Å². The fourth-order valence-corrected chi connectivity index (χ4v) is 2.79. The SMILES string of the molecule is CCCn1c(Sc2ncc(Br)cc2C(=O)O)n[nH]c1=O. The van der Waals surface area contributed by atoms with E-state index in [1.807, 2.05) is 6.92 Å². The van der Waals surface area contributed by atoms with E-state index in [1.54, 1.807) is 0 Å². The molecular formula is C11H11BrN4O3S. The molecule has 9 heteroatoms. The van der Waals surface area contributed by atoms with E-state index in [0.717, 1.165) is 18.2 Å². The first-order chi connectivity index (χ1) is 9.52. The molecule has 2 rings (SSSR count). The van der Waals surface area contributed by atoms with Crippen LogP contribution in [0.3, 0.4) is 0 Å². The molecule has 2 aromatic rings.